The molecular weight excluding hydrogens is 466 g/mol. The summed E-state index contributed by atoms with van der Waals surface area (Å²) in [6.07, 6.45) is 3.06. The summed E-state index contributed by atoms with van der Waals surface area (Å²) in [4.78, 5) is 13.3. The van der Waals surface area contributed by atoms with E-state index in [1.165, 1.54) is 6.07 Å². The number of hydrogen-bond acceptors (Lipinski definition) is 7. The Morgan fingerprint density at radius 2 is 2.19 bits per heavy atom. The molecule has 0 aliphatic carbocycles. The molecule has 0 radical (unpaired) electrons. The van der Waals surface area contributed by atoms with Crippen LogP contribution in [0.2, 0.25) is 5.02 Å². The van der Waals surface area contributed by atoms with Crippen LogP contribution in [0.3, 0.4) is 0 Å². The van der Waals surface area contributed by atoms with Gasteiger partial charge in [0.1, 0.15) is 5.58 Å². The molecule has 6 nitrogen and oxygen atoms in total. The van der Waals surface area contributed by atoms with Crippen molar-refractivity contribution in [2.24, 2.45) is 0 Å². The molecule has 9 heteroatoms. The summed E-state index contributed by atoms with van der Waals surface area (Å²) >= 11 is 9.65. The molecule has 1 aliphatic heterocycles. The van der Waals surface area contributed by atoms with Crippen molar-refractivity contribution in [2.45, 2.75) is 49.7 Å². The van der Waals surface area contributed by atoms with Gasteiger partial charge >= 0.3 is 5.63 Å². The lowest BCUT2D eigenvalue weighted by Crippen LogP contribution is -2.16. The third-order valence-electron chi connectivity index (χ3n) is 5.60. The van der Waals surface area contributed by atoms with E-state index in [1.807, 2.05) is 30.5 Å². The minimum Gasteiger partial charge on any atom is -0.423 e. The molecule has 1 saturated heterocycles. The van der Waals surface area contributed by atoms with E-state index in [4.69, 9.17) is 20.8 Å². The quantitative estimate of drug-likeness (QED) is 0.242. The first kappa shape index (κ1) is 21.7. The predicted molar refractivity (Wildman–Crippen MR) is 129 cm³/mol. The van der Waals surface area contributed by atoms with E-state index in [0.29, 0.717) is 22.9 Å². The molecule has 0 N–H and O–H groups in total. The van der Waals surface area contributed by atoms with E-state index in [9.17, 15) is 4.79 Å². The highest BCUT2D eigenvalue weighted by Gasteiger charge is 2.22. The van der Waals surface area contributed by atoms with Gasteiger partial charge in [-0.25, -0.2) is 4.79 Å². The second-order valence-corrected chi connectivity index (χ2v) is 10.00. The van der Waals surface area contributed by atoms with Crippen LogP contribution >= 0.6 is 34.7 Å². The van der Waals surface area contributed by atoms with Gasteiger partial charge in [-0.05, 0) is 54.0 Å². The lowest BCUT2D eigenvalue weighted by atomic mass is 10.1. The Balaban J connectivity index is 1.48. The van der Waals surface area contributed by atoms with Gasteiger partial charge in [0.05, 0.1) is 17.5 Å². The van der Waals surface area contributed by atoms with Gasteiger partial charge < -0.3 is 9.15 Å². The molecule has 0 saturated carbocycles. The number of thiophene rings is 1. The molecular formula is C23H22ClN3O3S2. The smallest absolute Gasteiger partial charge is 0.336 e. The van der Waals surface area contributed by atoms with E-state index >= 15 is 0 Å². The Hall–Kier alpha value is -2.13. The third kappa shape index (κ3) is 4.37. The van der Waals surface area contributed by atoms with Crippen LogP contribution in [-0.2, 0) is 23.5 Å². The molecule has 5 rings (SSSR count). The SMILES string of the molecule is CCc1cc2oc(=O)cc(CSc3nnc(-c4cccs4)n3CC3CCCO3)c2cc1Cl. The van der Waals surface area contributed by atoms with Crippen molar-refractivity contribution in [1.29, 1.82) is 0 Å². The average Bonchev–Trinajstić information content (AvgIpc) is 3.55. The molecule has 4 aromatic rings. The Morgan fingerprint density at radius 3 is 2.94 bits per heavy atom. The Bertz CT molecular complexity index is 1290. The number of aryl methyl sites for hydroxylation is 1. The molecule has 32 heavy (non-hydrogen) atoms. The van der Waals surface area contributed by atoms with Crippen molar-refractivity contribution in [3.05, 3.63) is 62.3 Å². The second kappa shape index (κ2) is 9.39. The Labute approximate surface area is 198 Å². The zero-order valence-electron chi connectivity index (χ0n) is 17.5. The summed E-state index contributed by atoms with van der Waals surface area (Å²) in [7, 11) is 0. The van der Waals surface area contributed by atoms with E-state index in [1.54, 1.807) is 23.1 Å². The second-order valence-electron chi connectivity index (χ2n) is 7.70. The van der Waals surface area contributed by atoms with Crippen molar-refractivity contribution in [1.82, 2.24) is 14.8 Å². The summed E-state index contributed by atoms with van der Waals surface area (Å²) in [6, 6.07) is 9.36. The van der Waals surface area contributed by atoms with E-state index in [0.717, 1.165) is 58.2 Å². The topological polar surface area (TPSA) is 70.2 Å². The summed E-state index contributed by atoms with van der Waals surface area (Å²) < 4.78 is 13.5. The van der Waals surface area contributed by atoms with Gasteiger partial charge in [-0.15, -0.1) is 21.5 Å². The van der Waals surface area contributed by atoms with Gasteiger partial charge in [0.25, 0.3) is 0 Å². The van der Waals surface area contributed by atoms with Gasteiger partial charge in [0.15, 0.2) is 11.0 Å². The number of rotatable bonds is 7. The van der Waals surface area contributed by atoms with Crippen molar-refractivity contribution < 1.29 is 9.15 Å². The number of ether oxygens (including phenoxy) is 1. The number of benzene rings is 1. The van der Waals surface area contributed by atoms with Crippen LogP contribution in [0.1, 0.15) is 30.9 Å². The van der Waals surface area contributed by atoms with E-state index in [-0.39, 0.29) is 11.7 Å². The standard InChI is InChI=1S/C23H22ClN3O3S2/c1-2-14-9-19-17(11-18(14)24)15(10-21(28)30-19)13-32-23-26-25-22(20-6-4-8-31-20)27(23)12-16-5-3-7-29-16/h4,6,8-11,16H,2-3,5,7,12-13H2,1H3. The highest BCUT2D eigenvalue weighted by Crippen LogP contribution is 2.33. The number of fused-ring (bicyclic) bond motifs is 1. The van der Waals surface area contributed by atoms with Crippen molar-refractivity contribution >= 4 is 45.7 Å². The molecule has 4 heterocycles. The molecule has 0 amide bonds. The van der Waals surface area contributed by atoms with Crippen molar-refractivity contribution in [2.75, 3.05) is 6.61 Å². The van der Waals surface area contributed by atoms with Gasteiger partial charge in [-0.2, -0.15) is 0 Å². The van der Waals surface area contributed by atoms with Crippen LogP contribution in [0.25, 0.3) is 21.7 Å². The minimum absolute atomic E-state index is 0.167. The fraction of sp³-hybridized carbons (Fsp3) is 0.348. The van der Waals surface area contributed by atoms with Crippen molar-refractivity contribution in [3.8, 4) is 10.7 Å². The summed E-state index contributed by atoms with van der Waals surface area (Å²) in [5.41, 5.74) is 2.03. The molecule has 1 aromatic carbocycles. The first-order chi connectivity index (χ1) is 15.6. The van der Waals surface area contributed by atoms with Crippen LogP contribution in [0, 0.1) is 0 Å². The maximum atomic E-state index is 12.2. The zero-order chi connectivity index (χ0) is 22.1. The summed E-state index contributed by atoms with van der Waals surface area (Å²) in [5.74, 6) is 1.41. The summed E-state index contributed by atoms with van der Waals surface area (Å²) in [5, 5.41) is 13.3. The lowest BCUT2D eigenvalue weighted by Gasteiger charge is -2.14. The van der Waals surface area contributed by atoms with Crippen molar-refractivity contribution in [3.63, 3.8) is 0 Å². The normalized spacial score (nSPS) is 16.2. The van der Waals surface area contributed by atoms with E-state index in [2.05, 4.69) is 20.8 Å². The highest BCUT2D eigenvalue weighted by molar-refractivity contribution is 7.98. The van der Waals surface area contributed by atoms with Gasteiger partial charge in [-0.1, -0.05) is 36.4 Å². The minimum atomic E-state index is -0.363. The van der Waals surface area contributed by atoms with Crippen LogP contribution in [-0.4, -0.2) is 27.5 Å². The molecule has 0 spiro atoms. The number of hydrogen-bond donors (Lipinski definition) is 0. The summed E-state index contributed by atoms with van der Waals surface area (Å²) in [6.45, 7) is 3.54. The van der Waals surface area contributed by atoms with Crippen LogP contribution < -0.4 is 5.63 Å². The van der Waals surface area contributed by atoms with Crippen LogP contribution in [0.15, 0.2) is 50.1 Å². The first-order valence-electron chi connectivity index (χ1n) is 10.6. The number of nitrogens with zero attached hydrogens (tertiary/aromatic N) is 3. The number of aromatic nitrogens is 3. The molecule has 1 atom stereocenters. The highest BCUT2D eigenvalue weighted by atomic mass is 35.5. The molecule has 1 unspecified atom stereocenters. The molecule has 3 aromatic heterocycles. The molecule has 1 fully saturated rings. The molecule has 166 valence electrons. The van der Waals surface area contributed by atoms with Gasteiger partial charge in [0.2, 0.25) is 0 Å². The average molecular weight is 488 g/mol. The van der Waals surface area contributed by atoms with Crippen LogP contribution in [0.5, 0.6) is 0 Å². The van der Waals surface area contributed by atoms with Gasteiger partial charge in [-0.3, -0.25) is 4.57 Å². The third-order valence-corrected chi connectivity index (χ3v) is 7.84. The molecule has 0 bridgehead atoms. The zero-order valence-corrected chi connectivity index (χ0v) is 19.9. The lowest BCUT2D eigenvalue weighted by molar-refractivity contribution is 0.0953. The van der Waals surface area contributed by atoms with E-state index < -0.39 is 0 Å². The van der Waals surface area contributed by atoms with Crippen LogP contribution in [0.4, 0.5) is 0 Å². The maximum absolute atomic E-state index is 12.2. The fourth-order valence-corrected chi connectivity index (χ4v) is 5.91. The number of halogens is 1. The Kier molecular flexibility index (Phi) is 6.37. The Morgan fingerprint density at radius 1 is 1.28 bits per heavy atom. The first-order valence-corrected chi connectivity index (χ1v) is 12.8. The molecule has 1 aliphatic rings. The maximum Gasteiger partial charge on any atom is 0.336 e. The van der Waals surface area contributed by atoms with Gasteiger partial charge in [0, 0.05) is 28.8 Å². The largest absolute Gasteiger partial charge is 0.423 e. The predicted octanol–water partition coefficient (Wildman–Crippen LogP) is 5.80. The number of thioether (sulfide) groups is 1. The monoisotopic (exact) mass is 487 g/mol. The fourth-order valence-electron chi connectivity index (χ4n) is 3.96.